The summed E-state index contributed by atoms with van der Waals surface area (Å²) in [6.07, 6.45) is 2.04. The molecule has 0 radical (unpaired) electrons. The average molecular weight is 297 g/mol. The van der Waals surface area contributed by atoms with Crippen LogP contribution in [0.3, 0.4) is 0 Å². The first kappa shape index (κ1) is 15.1. The van der Waals surface area contributed by atoms with Crippen LogP contribution >= 0.6 is 0 Å². The molecule has 0 aliphatic carbocycles. The van der Waals surface area contributed by atoms with Crippen molar-refractivity contribution >= 4 is 0 Å². The van der Waals surface area contributed by atoms with E-state index in [0.29, 0.717) is 12.5 Å². The number of para-hydroxylation sites is 1. The van der Waals surface area contributed by atoms with Gasteiger partial charge in [0, 0.05) is 24.8 Å². The smallest absolute Gasteiger partial charge is 0.124 e. The molecule has 0 amide bonds. The number of rotatable bonds is 5. The predicted octanol–water partition coefficient (Wildman–Crippen LogP) is 3.69. The average Bonchev–Trinajstić information content (AvgIpc) is 2.61. The van der Waals surface area contributed by atoms with Crippen molar-refractivity contribution in [3.05, 3.63) is 65.7 Å². The molecule has 116 valence electrons. The normalized spacial score (nSPS) is 17.1. The lowest BCUT2D eigenvalue weighted by Gasteiger charge is -2.29. The zero-order valence-corrected chi connectivity index (χ0v) is 12.8. The Labute approximate surface area is 132 Å². The monoisotopic (exact) mass is 297 g/mol. The SMILES string of the molecule is N[C@H](c1ccccc1OCc1ccccc1)C1CCOCC1. The molecule has 3 heteroatoms. The Bertz CT molecular complexity index is 579. The first-order valence-corrected chi connectivity index (χ1v) is 7.93. The maximum absolute atomic E-state index is 6.50. The van der Waals surface area contributed by atoms with E-state index in [1.807, 2.05) is 36.4 Å². The maximum Gasteiger partial charge on any atom is 0.124 e. The van der Waals surface area contributed by atoms with Gasteiger partial charge in [-0.3, -0.25) is 0 Å². The molecular weight excluding hydrogens is 274 g/mol. The summed E-state index contributed by atoms with van der Waals surface area (Å²) < 4.78 is 11.5. The van der Waals surface area contributed by atoms with Gasteiger partial charge < -0.3 is 15.2 Å². The summed E-state index contributed by atoms with van der Waals surface area (Å²) in [6, 6.07) is 18.3. The number of ether oxygens (including phenoxy) is 2. The van der Waals surface area contributed by atoms with Crippen molar-refractivity contribution in [2.45, 2.75) is 25.5 Å². The molecule has 0 unspecified atom stereocenters. The lowest BCUT2D eigenvalue weighted by atomic mass is 9.87. The number of hydrogen-bond donors (Lipinski definition) is 1. The van der Waals surface area contributed by atoms with Gasteiger partial charge in [0.2, 0.25) is 0 Å². The summed E-state index contributed by atoms with van der Waals surface area (Å²) in [5.74, 6) is 1.36. The van der Waals surface area contributed by atoms with E-state index in [2.05, 4.69) is 18.2 Å². The van der Waals surface area contributed by atoms with Gasteiger partial charge in [-0.15, -0.1) is 0 Å². The van der Waals surface area contributed by atoms with Gasteiger partial charge in [0.1, 0.15) is 12.4 Å². The van der Waals surface area contributed by atoms with Crippen molar-refractivity contribution in [3.8, 4) is 5.75 Å². The van der Waals surface area contributed by atoms with E-state index in [0.717, 1.165) is 42.9 Å². The quantitative estimate of drug-likeness (QED) is 0.915. The van der Waals surface area contributed by atoms with Crippen LogP contribution in [0, 0.1) is 5.92 Å². The molecular formula is C19H23NO2. The highest BCUT2D eigenvalue weighted by atomic mass is 16.5. The molecule has 2 aromatic carbocycles. The van der Waals surface area contributed by atoms with Crippen LogP contribution in [-0.4, -0.2) is 13.2 Å². The van der Waals surface area contributed by atoms with Crippen LogP contribution in [0.15, 0.2) is 54.6 Å². The highest BCUT2D eigenvalue weighted by Gasteiger charge is 2.24. The summed E-state index contributed by atoms with van der Waals surface area (Å²) in [5, 5.41) is 0. The summed E-state index contributed by atoms with van der Waals surface area (Å²) in [5.41, 5.74) is 8.77. The maximum atomic E-state index is 6.50. The Morgan fingerprint density at radius 1 is 1.00 bits per heavy atom. The molecule has 1 aliphatic heterocycles. The molecule has 1 heterocycles. The number of benzene rings is 2. The minimum atomic E-state index is 0.0101. The molecule has 1 fully saturated rings. The van der Waals surface area contributed by atoms with E-state index >= 15 is 0 Å². The molecule has 0 bridgehead atoms. The van der Waals surface area contributed by atoms with Gasteiger partial charge in [-0.1, -0.05) is 48.5 Å². The van der Waals surface area contributed by atoms with Crippen LogP contribution in [0.4, 0.5) is 0 Å². The minimum Gasteiger partial charge on any atom is -0.489 e. The molecule has 1 saturated heterocycles. The van der Waals surface area contributed by atoms with Crippen molar-refractivity contribution in [2.24, 2.45) is 11.7 Å². The van der Waals surface area contributed by atoms with Gasteiger partial charge >= 0.3 is 0 Å². The molecule has 1 atom stereocenters. The summed E-state index contributed by atoms with van der Waals surface area (Å²) in [6.45, 7) is 2.19. The Morgan fingerprint density at radius 2 is 1.68 bits per heavy atom. The highest BCUT2D eigenvalue weighted by Crippen LogP contribution is 2.33. The van der Waals surface area contributed by atoms with E-state index in [-0.39, 0.29) is 6.04 Å². The Hall–Kier alpha value is -1.84. The van der Waals surface area contributed by atoms with Crippen molar-refractivity contribution in [3.63, 3.8) is 0 Å². The molecule has 0 aromatic heterocycles. The van der Waals surface area contributed by atoms with Crippen LogP contribution in [0.1, 0.15) is 30.0 Å². The molecule has 0 saturated carbocycles. The fourth-order valence-electron chi connectivity index (χ4n) is 2.95. The fourth-order valence-corrected chi connectivity index (χ4v) is 2.95. The number of hydrogen-bond acceptors (Lipinski definition) is 3. The van der Waals surface area contributed by atoms with Crippen molar-refractivity contribution in [1.82, 2.24) is 0 Å². The third-order valence-electron chi connectivity index (χ3n) is 4.29. The molecule has 3 rings (SSSR count). The van der Waals surface area contributed by atoms with E-state index in [9.17, 15) is 0 Å². The van der Waals surface area contributed by atoms with E-state index in [1.54, 1.807) is 0 Å². The van der Waals surface area contributed by atoms with Gasteiger partial charge in [-0.05, 0) is 30.4 Å². The topological polar surface area (TPSA) is 44.5 Å². The van der Waals surface area contributed by atoms with Crippen LogP contribution in [-0.2, 0) is 11.3 Å². The third kappa shape index (κ3) is 3.67. The van der Waals surface area contributed by atoms with Gasteiger partial charge in [-0.25, -0.2) is 0 Å². The predicted molar refractivity (Wildman–Crippen MR) is 87.7 cm³/mol. The van der Waals surface area contributed by atoms with E-state index in [1.165, 1.54) is 0 Å². The lowest BCUT2D eigenvalue weighted by molar-refractivity contribution is 0.0580. The Kier molecular flexibility index (Phi) is 5.09. The second-order valence-corrected chi connectivity index (χ2v) is 5.79. The molecule has 0 spiro atoms. The Morgan fingerprint density at radius 3 is 2.45 bits per heavy atom. The summed E-state index contributed by atoms with van der Waals surface area (Å²) in [4.78, 5) is 0. The van der Waals surface area contributed by atoms with E-state index in [4.69, 9.17) is 15.2 Å². The van der Waals surface area contributed by atoms with Gasteiger partial charge in [0.15, 0.2) is 0 Å². The summed E-state index contributed by atoms with van der Waals surface area (Å²) in [7, 11) is 0. The zero-order valence-electron chi connectivity index (χ0n) is 12.8. The van der Waals surface area contributed by atoms with Gasteiger partial charge in [0.05, 0.1) is 0 Å². The van der Waals surface area contributed by atoms with E-state index < -0.39 is 0 Å². The first-order valence-electron chi connectivity index (χ1n) is 7.93. The lowest BCUT2D eigenvalue weighted by Crippen LogP contribution is -2.27. The van der Waals surface area contributed by atoms with Crippen LogP contribution < -0.4 is 10.5 Å². The van der Waals surface area contributed by atoms with Crippen LogP contribution in [0.5, 0.6) is 5.75 Å². The largest absolute Gasteiger partial charge is 0.489 e. The summed E-state index contributed by atoms with van der Waals surface area (Å²) >= 11 is 0. The van der Waals surface area contributed by atoms with Gasteiger partial charge in [-0.2, -0.15) is 0 Å². The van der Waals surface area contributed by atoms with Crippen molar-refractivity contribution in [2.75, 3.05) is 13.2 Å². The zero-order chi connectivity index (χ0) is 15.2. The van der Waals surface area contributed by atoms with Crippen LogP contribution in [0.2, 0.25) is 0 Å². The molecule has 2 aromatic rings. The second-order valence-electron chi connectivity index (χ2n) is 5.79. The van der Waals surface area contributed by atoms with Gasteiger partial charge in [0.25, 0.3) is 0 Å². The third-order valence-corrected chi connectivity index (χ3v) is 4.29. The molecule has 1 aliphatic rings. The highest BCUT2D eigenvalue weighted by molar-refractivity contribution is 5.36. The molecule has 3 nitrogen and oxygen atoms in total. The Balaban J connectivity index is 1.71. The molecule has 2 N–H and O–H groups in total. The minimum absolute atomic E-state index is 0.0101. The second kappa shape index (κ2) is 7.43. The fraction of sp³-hybridized carbons (Fsp3) is 0.368. The first-order chi connectivity index (χ1) is 10.8. The standard InChI is InChI=1S/C19H23NO2/c20-19(16-10-12-21-13-11-16)17-8-4-5-9-18(17)22-14-15-6-2-1-3-7-15/h1-9,16,19H,10-14,20H2/t19-/m0/s1. The van der Waals surface area contributed by atoms with Crippen molar-refractivity contribution < 1.29 is 9.47 Å². The molecule has 22 heavy (non-hydrogen) atoms. The van der Waals surface area contributed by atoms with Crippen LogP contribution in [0.25, 0.3) is 0 Å². The van der Waals surface area contributed by atoms with Crippen molar-refractivity contribution in [1.29, 1.82) is 0 Å². The number of nitrogens with two attached hydrogens (primary N) is 1.